The molecule has 4 rings (SSSR count). The molecular formula is C34H47N3O8. The number of aryl methyl sites for hydroxylation is 1. The second kappa shape index (κ2) is 17.9. The average Bonchev–Trinajstić information content (AvgIpc) is 3.44. The fraction of sp³-hybridized carbons (Fsp3) is 0.529. The molecule has 0 spiro atoms. The highest BCUT2D eigenvalue weighted by atomic mass is 16.6. The van der Waals surface area contributed by atoms with Gasteiger partial charge in [0.05, 0.1) is 19.1 Å². The van der Waals surface area contributed by atoms with Crippen LogP contribution in [0.4, 0.5) is 0 Å². The second-order valence-corrected chi connectivity index (χ2v) is 11.4. The first-order valence-electron chi connectivity index (χ1n) is 15.9. The quantitative estimate of drug-likeness (QED) is 0.150. The van der Waals surface area contributed by atoms with Crippen LogP contribution in [-0.2, 0) is 36.6 Å². The van der Waals surface area contributed by atoms with Crippen LogP contribution in [0.5, 0.6) is 5.75 Å². The van der Waals surface area contributed by atoms with Crippen molar-refractivity contribution in [2.24, 2.45) is 5.73 Å². The van der Waals surface area contributed by atoms with Crippen LogP contribution in [0.25, 0.3) is 10.9 Å². The minimum atomic E-state index is -1.22. The number of carbonyl (C=O) groups is 2. The van der Waals surface area contributed by atoms with E-state index in [0.717, 1.165) is 29.3 Å². The van der Waals surface area contributed by atoms with Gasteiger partial charge in [-0.3, -0.25) is 4.79 Å². The molecule has 3 aromatic rings. The summed E-state index contributed by atoms with van der Waals surface area (Å²) < 4.78 is 24.0. The number of nitrogens with one attached hydrogen (secondary N) is 2. The third kappa shape index (κ3) is 9.75. The number of phenols is 1. The molecule has 45 heavy (non-hydrogen) atoms. The molecule has 0 saturated carbocycles. The first-order valence-corrected chi connectivity index (χ1v) is 15.9. The number of aromatic hydroxyl groups is 1. The number of esters is 1. The molecule has 1 aromatic heterocycles. The number of rotatable bonds is 12. The summed E-state index contributed by atoms with van der Waals surface area (Å²) in [6.45, 7) is 3.35. The topological polar surface area (TPSA) is 165 Å². The van der Waals surface area contributed by atoms with Gasteiger partial charge in [0.15, 0.2) is 0 Å². The zero-order chi connectivity index (χ0) is 32.0. The van der Waals surface area contributed by atoms with Gasteiger partial charge < -0.3 is 45.2 Å². The number of fused-ring (bicyclic) bond motifs is 2. The maximum atomic E-state index is 13.5. The monoisotopic (exact) mass is 625 g/mol. The summed E-state index contributed by atoms with van der Waals surface area (Å²) in [4.78, 5) is 30.1. The number of aliphatic hydroxyl groups is 1. The number of para-hydroxylation sites is 1. The van der Waals surface area contributed by atoms with Gasteiger partial charge in [-0.1, -0.05) is 43.7 Å². The molecule has 11 nitrogen and oxygen atoms in total. The molecule has 1 aliphatic rings. The van der Waals surface area contributed by atoms with Gasteiger partial charge >= 0.3 is 5.97 Å². The van der Waals surface area contributed by atoms with Crippen molar-refractivity contribution < 1.29 is 38.7 Å². The van der Waals surface area contributed by atoms with Gasteiger partial charge in [0.25, 0.3) is 0 Å². The van der Waals surface area contributed by atoms with E-state index in [9.17, 15) is 19.8 Å². The number of H-pyrrole nitrogens is 1. The van der Waals surface area contributed by atoms with E-state index in [1.165, 1.54) is 6.07 Å². The Morgan fingerprint density at radius 3 is 2.73 bits per heavy atom. The number of hydrogen-bond acceptors (Lipinski definition) is 9. The third-order valence-electron chi connectivity index (χ3n) is 7.97. The first-order chi connectivity index (χ1) is 21.9. The van der Waals surface area contributed by atoms with E-state index in [1.54, 1.807) is 18.3 Å². The highest BCUT2D eigenvalue weighted by Gasteiger charge is 2.37. The molecule has 1 aliphatic heterocycles. The van der Waals surface area contributed by atoms with Crippen molar-refractivity contribution >= 4 is 22.8 Å². The van der Waals surface area contributed by atoms with Crippen LogP contribution in [-0.4, -0.2) is 91.0 Å². The highest BCUT2D eigenvalue weighted by molar-refractivity contribution is 5.94. The van der Waals surface area contributed by atoms with Crippen molar-refractivity contribution in [3.8, 4) is 5.75 Å². The van der Waals surface area contributed by atoms with Crippen molar-refractivity contribution in [2.45, 2.75) is 76.2 Å². The van der Waals surface area contributed by atoms with Crippen molar-refractivity contribution in [3.63, 3.8) is 0 Å². The van der Waals surface area contributed by atoms with Crippen molar-refractivity contribution in [1.29, 1.82) is 0 Å². The lowest BCUT2D eigenvalue weighted by Crippen LogP contribution is -2.57. The standard InChI is InChI=1S/C34H47N3O8/c1-2-3-17-43-29-22-42-16-9-11-23-10-8-14-28(38)31(23)34(41)45-21-27(33(32(29)40)44-18-7-6-15-35)37-30(39)19-24-20-36-26-13-5-4-12-25(24)26/h4-5,8,10,12-14,20,27,29,32-33,36,38,40H,2-3,6-7,9,11,15-19,21-22,35H2,1H3,(H,37,39)/t27-,29+,32+,33+/m0/s1. The molecule has 0 aliphatic carbocycles. The summed E-state index contributed by atoms with van der Waals surface area (Å²) in [7, 11) is 0. The third-order valence-corrected chi connectivity index (χ3v) is 7.97. The number of ether oxygens (including phenoxy) is 4. The van der Waals surface area contributed by atoms with Gasteiger partial charge in [-0.05, 0) is 61.9 Å². The highest BCUT2D eigenvalue weighted by Crippen LogP contribution is 2.25. The number of phenolic OH excluding ortho intramolecular Hbond substituents is 1. The summed E-state index contributed by atoms with van der Waals surface area (Å²) in [5, 5.41) is 26.2. The van der Waals surface area contributed by atoms with Crippen LogP contribution in [0.2, 0.25) is 0 Å². The molecule has 246 valence electrons. The molecular weight excluding hydrogens is 578 g/mol. The van der Waals surface area contributed by atoms with Gasteiger partial charge in [-0.2, -0.15) is 0 Å². The normalized spacial score (nSPS) is 21.5. The van der Waals surface area contributed by atoms with Crippen LogP contribution >= 0.6 is 0 Å². The average molecular weight is 626 g/mol. The number of amides is 1. The minimum Gasteiger partial charge on any atom is -0.507 e. The van der Waals surface area contributed by atoms with Crippen LogP contribution in [0, 0.1) is 0 Å². The Balaban J connectivity index is 1.64. The van der Waals surface area contributed by atoms with Crippen LogP contribution in [0.3, 0.4) is 0 Å². The molecule has 0 unspecified atom stereocenters. The SMILES string of the molecule is CCCCO[C@@H]1COCCCc2cccc(O)c2C(=O)OC[C@H](NC(=O)Cc2c[nH]c3ccccc23)[C@@H](OCCCCN)[C@@H]1O. The fourth-order valence-electron chi connectivity index (χ4n) is 5.51. The molecule has 11 heteroatoms. The molecule has 0 saturated heterocycles. The van der Waals surface area contributed by atoms with E-state index in [-0.39, 0.29) is 43.5 Å². The molecule has 1 amide bonds. The molecule has 0 radical (unpaired) electrons. The van der Waals surface area contributed by atoms with Gasteiger partial charge in [0.2, 0.25) is 5.91 Å². The zero-order valence-electron chi connectivity index (χ0n) is 26.0. The van der Waals surface area contributed by atoms with E-state index in [4.69, 9.17) is 24.7 Å². The van der Waals surface area contributed by atoms with Crippen molar-refractivity contribution in [1.82, 2.24) is 10.3 Å². The smallest absolute Gasteiger partial charge is 0.342 e. The largest absolute Gasteiger partial charge is 0.507 e. The molecule has 0 fully saturated rings. The minimum absolute atomic E-state index is 0.0492. The molecule has 2 aromatic carbocycles. The lowest BCUT2D eigenvalue weighted by molar-refractivity contribution is -0.148. The predicted molar refractivity (Wildman–Crippen MR) is 170 cm³/mol. The van der Waals surface area contributed by atoms with Crippen molar-refractivity contribution in [2.75, 3.05) is 39.6 Å². The zero-order valence-corrected chi connectivity index (χ0v) is 26.0. The summed E-state index contributed by atoms with van der Waals surface area (Å²) in [5.41, 5.74) is 8.11. The number of benzene rings is 2. The molecule has 6 N–H and O–H groups in total. The number of unbranched alkanes of at least 4 members (excludes halogenated alkanes) is 2. The van der Waals surface area contributed by atoms with E-state index in [2.05, 4.69) is 17.2 Å². The van der Waals surface area contributed by atoms with Crippen LogP contribution < -0.4 is 11.1 Å². The molecule has 4 atom stereocenters. The fourth-order valence-corrected chi connectivity index (χ4v) is 5.51. The van der Waals surface area contributed by atoms with Gasteiger partial charge in [0.1, 0.15) is 36.2 Å². The van der Waals surface area contributed by atoms with E-state index in [1.807, 2.05) is 24.3 Å². The number of carbonyl (C=O) groups excluding carboxylic acids is 2. The Hall–Kier alpha value is -3.48. The number of cyclic esters (lactones) is 1. The second-order valence-electron chi connectivity index (χ2n) is 11.4. The first kappa shape index (κ1) is 34.4. The lowest BCUT2D eigenvalue weighted by Gasteiger charge is -2.35. The Labute approximate surface area is 264 Å². The van der Waals surface area contributed by atoms with E-state index >= 15 is 0 Å². The number of aromatic amines is 1. The maximum Gasteiger partial charge on any atom is 0.342 e. The Kier molecular flexibility index (Phi) is 13.7. The number of aromatic nitrogens is 1. The Bertz CT molecular complexity index is 1360. The summed E-state index contributed by atoms with van der Waals surface area (Å²) in [6.07, 6.45) is 2.97. The Morgan fingerprint density at radius 1 is 1.09 bits per heavy atom. The Morgan fingerprint density at radius 2 is 1.91 bits per heavy atom. The lowest BCUT2D eigenvalue weighted by atomic mass is 9.99. The summed E-state index contributed by atoms with van der Waals surface area (Å²) >= 11 is 0. The van der Waals surface area contributed by atoms with Gasteiger partial charge in [0, 0.05) is 36.9 Å². The van der Waals surface area contributed by atoms with E-state index < -0.39 is 30.3 Å². The number of hydrogen-bond donors (Lipinski definition) is 5. The molecule has 2 heterocycles. The maximum absolute atomic E-state index is 13.5. The van der Waals surface area contributed by atoms with Gasteiger partial charge in [-0.25, -0.2) is 4.79 Å². The van der Waals surface area contributed by atoms with E-state index in [0.29, 0.717) is 51.0 Å². The number of aliphatic hydroxyl groups excluding tert-OH is 1. The van der Waals surface area contributed by atoms with Gasteiger partial charge in [-0.15, -0.1) is 0 Å². The molecule has 0 bridgehead atoms. The van der Waals surface area contributed by atoms with Crippen LogP contribution in [0.1, 0.15) is 60.5 Å². The van der Waals surface area contributed by atoms with Crippen LogP contribution in [0.15, 0.2) is 48.7 Å². The summed E-state index contributed by atoms with van der Waals surface area (Å²) in [5.74, 6) is -1.26. The predicted octanol–water partition coefficient (Wildman–Crippen LogP) is 3.39. The van der Waals surface area contributed by atoms with Crippen molar-refractivity contribution in [3.05, 3.63) is 65.4 Å². The number of nitrogens with two attached hydrogens (primary N) is 1. The summed E-state index contributed by atoms with van der Waals surface area (Å²) in [6, 6.07) is 11.6.